The minimum absolute atomic E-state index is 0.320. The lowest BCUT2D eigenvalue weighted by molar-refractivity contribution is -0.137. The summed E-state index contributed by atoms with van der Waals surface area (Å²) in [6.45, 7) is 3.12. The zero-order valence-corrected chi connectivity index (χ0v) is 9.95. The van der Waals surface area contributed by atoms with Crippen LogP contribution in [-0.4, -0.2) is 36.5 Å². The monoisotopic (exact) mass is 222 g/mol. The molecule has 1 aliphatic heterocycles. The Morgan fingerprint density at radius 3 is 2.31 bits per heavy atom. The van der Waals surface area contributed by atoms with Crippen molar-refractivity contribution in [3.05, 3.63) is 0 Å². The van der Waals surface area contributed by atoms with Crippen LogP contribution in [0.1, 0.15) is 38.5 Å². The standard InChI is InChI=1S/C13H22N2O/c16-13(11-5-7-14-8-6-11)15(12-3-4-12)9-10-1-2-10/h10-12,14H,1-9H2. The Hall–Kier alpha value is -0.570. The highest BCUT2D eigenvalue weighted by molar-refractivity contribution is 5.79. The van der Waals surface area contributed by atoms with Gasteiger partial charge in [0, 0.05) is 18.5 Å². The van der Waals surface area contributed by atoms with Crippen molar-refractivity contribution in [2.75, 3.05) is 19.6 Å². The molecule has 0 aromatic heterocycles. The topological polar surface area (TPSA) is 32.3 Å². The van der Waals surface area contributed by atoms with E-state index >= 15 is 0 Å². The van der Waals surface area contributed by atoms with Crippen molar-refractivity contribution in [2.24, 2.45) is 11.8 Å². The number of carbonyl (C=O) groups is 1. The van der Waals surface area contributed by atoms with Crippen molar-refractivity contribution in [3.63, 3.8) is 0 Å². The molecule has 0 aromatic rings. The summed E-state index contributed by atoms with van der Waals surface area (Å²) in [5, 5.41) is 3.34. The van der Waals surface area contributed by atoms with Crippen LogP contribution < -0.4 is 5.32 Å². The summed E-state index contributed by atoms with van der Waals surface area (Å²) < 4.78 is 0. The average molecular weight is 222 g/mol. The van der Waals surface area contributed by atoms with Gasteiger partial charge in [-0.15, -0.1) is 0 Å². The highest BCUT2D eigenvalue weighted by atomic mass is 16.2. The Balaban J connectivity index is 1.59. The van der Waals surface area contributed by atoms with Gasteiger partial charge in [0.25, 0.3) is 0 Å². The average Bonchev–Trinajstić information content (AvgIpc) is 3.16. The Kier molecular flexibility index (Phi) is 2.88. The summed E-state index contributed by atoms with van der Waals surface area (Å²) in [5.74, 6) is 1.63. The fourth-order valence-electron chi connectivity index (χ4n) is 2.69. The van der Waals surface area contributed by atoms with Gasteiger partial charge >= 0.3 is 0 Å². The van der Waals surface area contributed by atoms with Gasteiger partial charge in [0.1, 0.15) is 0 Å². The normalized spacial score (nSPS) is 26.8. The van der Waals surface area contributed by atoms with Crippen molar-refractivity contribution in [2.45, 2.75) is 44.6 Å². The molecule has 3 nitrogen and oxygen atoms in total. The van der Waals surface area contributed by atoms with Gasteiger partial charge in [-0.05, 0) is 57.5 Å². The second-order valence-corrected chi connectivity index (χ2v) is 5.69. The van der Waals surface area contributed by atoms with Crippen LogP contribution >= 0.6 is 0 Å². The quantitative estimate of drug-likeness (QED) is 0.779. The Labute approximate surface area is 97.6 Å². The number of amides is 1. The summed E-state index contributed by atoms with van der Waals surface area (Å²) in [6, 6.07) is 0.614. The van der Waals surface area contributed by atoms with Gasteiger partial charge in [-0.3, -0.25) is 4.79 Å². The molecular formula is C13H22N2O. The zero-order valence-electron chi connectivity index (χ0n) is 9.95. The Morgan fingerprint density at radius 2 is 1.75 bits per heavy atom. The molecule has 0 aromatic carbocycles. The largest absolute Gasteiger partial charge is 0.339 e. The van der Waals surface area contributed by atoms with E-state index in [1.807, 2.05) is 0 Å². The molecule has 0 radical (unpaired) electrons. The van der Waals surface area contributed by atoms with Crippen LogP contribution in [0.25, 0.3) is 0 Å². The van der Waals surface area contributed by atoms with Gasteiger partial charge in [-0.25, -0.2) is 0 Å². The first-order valence-corrected chi connectivity index (χ1v) is 6.86. The Bertz CT molecular complexity index is 265. The van der Waals surface area contributed by atoms with Crippen molar-refractivity contribution in [3.8, 4) is 0 Å². The van der Waals surface area contributed by atoms with E-state index in [0.29, 0.717) is 17.9 Å². The van der Waals surface area contributed by atoms with Gasteiger partial charge < -0.3 is 10.2 Å². The van der Waals surface area contributed by atoms with E-state index in [2.05, 4.69) is 10.2 Å². The molecule has 3 fully saturated rings. The van der Waals surface area contributed by atoms with E-state index < -0.39 is 0 Å². The summed E-state index contributed by atoms with van der Waals surface area (Å²) in [4.78, 5) is 14.7. The van der Waals surface area contributed by atoms with E-state index in [-0.39, 0.29) is 0 Å². The van der Waals surface area contributed by atoms with Crippen molar-refractivity contribution < 1.29 is 4.79 Å². The van der Waals surface area contributed by atoms with Crippen molar-refractivity contribution in [1.29, 1.82) is 0 Å². The van der Waals surface area contributed by atoms with Crippen LogP contribution in [-0.2, 0) is 4.79 Å². The number of piperidine rings is 1. The van der Waals surface area contributed by atoms with Gasteiger partial charge in [-0.2, -0.15) is 0 Å². The van der Waals surface area contributed by atoms with Gasteiger partial charge in [-0.1, -0.05) is 0 Å². The second-order valence-electron chi connectivity index (χ2n) is 5.69. The van der Waals surface area contributed by atoms with Crippen LogP contribution in [0, 0.1) is 11.8 Å². The third-order valence-electron chi connectivity index (χ3n) is 4.11. The minimum Gasteiger partial charge on any atom is -0.339 e. The highest BCUT2D eigenvalue weighted by Crippen LogP contribution is 2.36. The number of nitrogens with zero attached hydrogens (tertiary/aromatic N) is 1. The third-order valence-corrected chi connectivity index (χ3v) is 4.11. The number of hydrogen-bond acceptors (Lipinski definition) is 2. The molecule has 16 heavy (non-hydrogen) atoms. The fraction of sp³-hybridized carbons (Fsp3) is 0.923. The van der Waals surface area contributed by atoms with Crippen molar-refractivity contribution >= 4 is 5.91 Å². The van der Waals surface area contributed by atoms with E-state index in [1.165, 1.54) is 25.7 Å². The maximum Gasteiger partial charge on any atom is 0.226 e. The smallest absolute Gasteiger partial charge is 0.226 e. The molecule has 3 heteroatoms. The molecule has 90 valence electrons. The third kappa shape index (κ3) is 2.40. The molecule has 0 spiro atoms. The predicted octanol–water partition coefficient (Wildman–Crippen LogP) is 1.39. The van der Waals surface area contributed by atoms with Crippen LogP contribution in [0.3, 0.4) is 0 Å². The fourth-order valence-corrected chi connectivity index (χ4v) is 2.69. The van der Waals surface area contributed by atoms with Crippen molar-refractivity contribution in [1.82, 2.24) is 10.2 Å². The van der Waals surface area contributed by atoms with Crippen LogP contribution in [0.5, 0.6) is 0 Å². The molecule has 2 aliphatic carbocycles. The van der Waals surface area contributed by atoms with Gasteiger partial charge in [0.05, 0.1) is 0 Å². The molecular weight excluding hydrogens is 200 g/mol. The molecule has 1 saturated heterocycles. The molecule has 1 amide bonds. The number of nitrogens with one attached hydrogen (secondary N) is 1. The molecule has 3 aliphatic rings. The van der Waals surface area contributed by atoms with Crippen LogP contribution in [0.2, 0.25) is 0 Å². The SMILES string of the molecule is O=C(C1CCNCC1)N(CC1CC1)C1CC1. The van der Waals surface area contributed by atoms with E-state index in [1.54, 1.807) is 0 Å². The lowest BCUT2D eigenvalue weighted by Crippen LogP contribution is -2.43. The molecule has 3 rings (SSSR count). The first-order chi connectivity index (χ1) is 7.84. The molecule has 1 N–H and O–H groups in total. The maximum absolute atomic E-state index is 12.4. The molecule has 2 saturated carbocycles. The first kappa shape index (κ1) is 10.6. The van der Waals surface area contributed by atoms with Crippen LogP contribution in [0.4, 0.5) is 0 Å². The lowest BCUT2D eigenvalue weighted by Gasteiger charge is -2.29. The summed E-state index contributed by atoms with van der Waals surface area (Å²) in [5.41, 5.74) is 0. The molecule has 0 atom stereocenters. The first-order valence-electron chi connectivity index (χ1n) is 6.86. The molecule has 0 bridgehead atoms. The zero-order chi connectivity index (χ0) is 11.0. The molecule has 0 unspecified atom stereocenters. The second kappa shape index (κ2) is 4.36. The van der Waals surface area contributed by atoms with E-state index in [4.69, 9.17) is 0 Å². The van der Waals surface area contributed by atoms with E-state index in [0.717, 1.165) is 38.4 Å². The summed E-state index contributed by atoms with van der Waals surface area (Å²) >= 11 is 0. The van der Waals surface area contributed by atoms with Gasteiger partial charge in [0.2, 0.25) is 5.91 Å². The number of rotatable bonds is 4. The summed E-state index contributed by atoms with van der Waals surface area (Å²) in [6.07, 6.45) is 7.30. The van der Waals surface area contributed by atoms with Crippen LogP contribution in [0.15, 0.2) is 0 Å². The summed E-state index contributed by atoms with van der Waals surface area (Å²) in [7, 11) is 0. The molecule has 1 heterocycles. The van der Waals surface area contributed by atoms with Gasteiger partial charge in [0.15, 0.2) is 0 Å². The van der Waals surface area contributed by atoms with E-state index in [9.17, 15) is 4.79 Å². The lowest BCUT2D eigenvalue weighted by atomic mass is 9.96. The minimum atomic E-state index is 0.320. The highest BCUT2D eigenvalue weighted by Gasteiger charge is 2.38. The number of carbonyl (C=O) groups excluding carboxylic acids is 1. The Morgan fingerprint density at radius 1 is 1.06 bits per heavy atom. The number of hydrogen-bond donors (Lipinski definition) is 1. The maximum atomic E-state index is 12.4. The predicted molar refractivity (Wildman–Crippen MR) is 63.1 cm³/mol.